The van der Waals surface area contributed by atoms with Gasteiger partial charge in [-0.25, -0.2) is 0 Å². The summed E-state index contributed by atoms with van der Waals surface area (Å²) in [6.07, 6.45) is 0.503. The van der Waals surface area contributed by atoms with Gasteiger partial charge < -0.3 is 9.84 Å². The van der Waals surface area contributed by atoms with Crippen LogP contribution in [0.4, 0.5) is 0 Å². The van der Waals surface area contributed by atoms with E-state index in [0.29, 0.717) is 0 Å². The van der Waals surface area contributed by atoms with Gasteiger partial charge in [0.2, 0.25) is 0 Å². The Morgan fingerprint density at radius 3 is 2.63 bits per heavy atom. The zero-order valence-corrected chi connectivity index (χ0v) is 11.6. The minimum absolute atomic E-state index is 0.101. The monoisotopic (exact) mass is 276 g/mol. The summed E-state index contributed by atoms with van der Waals surface area (Å²) in [6.45, 7) is 2.76. The second-order valence-electron chi connectivity index (χ2n) is 5.16. The van der Waals surface area contributed by atoms with E-state index >= 15 is 0 Å². The molecule has 3 atom stereocenters. The van der Waals surface area contributed by atoms with Crippen molar-refractivity contribution in [3.8, 4) is 0 Å². The second kappa shape index (κ2) is 5.12. The highest BCUT2D eigenvalue weighted by Crippen LogP contribution is 2.37. The highest BCUT2D eigenvalue weighted by Gasteiger charge is 2.32. The van der Waals surface area contributed by atoms with E-state index in [1.165, 1.54) is 0 Å². The highest BCUT2D eigenvalue weighted by atomic mass is 35.5. The summed E-state index contributed by atoms with van der Waals surface area (Å²) in [5.41, 5.74) is 0.947. The van der Waals surface area contributed by atoms with Crippen molar-refractivity contribution in [2.45, 2.75) is 25.6 Å². The summed E-state index contributed by atoms with van der Waals surface area (Å²) in [6, 6.07) is 11.7. The fraction of sp³-hybridized carbons (Fsp3) is 0.375. The van der Waals surface area contributed by atoms with Crippen LogP contribution in [-0.4, -0.2) is 17.8 Å². The molecule has 1 fully saturated rings. The topological polar surface area (TPSA) is 29.5 Å². The van der Waals surface area contributed by atoms with Gasteiger partial charge in [-0.1, -0.05) is 41.9 Å². The fourth-order valence-electron chi connectivity index (χ4n) is 2.94. The van der Waals surface area contributed by atoms with Gasteiger partial charge in [-0.3, -0.25) is 0 Å². The molecule has 100 valence electrons. The molecule has 0 saturated carbocycles. The van der Waals surface area contributed by atoms with E-state index in [1.54, 1.807) is 0 Å². The first-order chi connectivity index (χ1) is 9.18. The number of halogens is 1. The Balaban J connectivity index is 2.07. The second-order valence-corrected chi connectivity index (χ2v) is 5.56. The number of aliphatic hydroxyl groups is 1. The van der Waals surface area contributed by atoms with Crippen molar-refractivity contribution >= 4 is 22.4 Å². The first kappa shape index (κ1) is 12.9. The highest BCUT2D eigenvalue weighted by molar-refractivity contribution is 6.35. The van der Waals surface area contributed by atoms with Gasteiger partial charge in [0.15, 0.2) is 0 Å². The summed E-state index contributed by atoms with van der Waals surface area (Å²) in [7, 11) is 0. The molecule has 0 bridgehead atoms. The molecule has 3 heteroatoms. The van der Waals surface area contributed by atoms with E-state index in [9.17, 15) is 5.11 Å². The van der Waals surface area contributed by atoms with Crippen molar-refractivity contribution in [3.05, 3.63) is 47.0 Å². The Morgan fingerprint density at radius 1 is 1.21 bits per heavy atom. The number of fused-ring (bicyclic) bond motifs is 1. The van der Waals surface area contributed by atoms with E-state index in [1.807, 2.05) is 43.3 Å². The standard InChI is InChI=1S/C16H17ClO2/c1-10-11(8-9-19-10)16(18)14-6-7-15(17)13-5-3-2-4-12(13)14/h2-7,10-11,16,18H,8-9H2,1H3. The number of rotatable bonds is 2. The molecule has 1 heterocycles. The number of aliphatic hydroxyl groups excluding tert-OH is 1. The summed E-state index contributed by atoms with van der Waals surface area (Å²) < 4.78 is 5.56. The molecule has 1 aliphatic rings. The Morgan fingerprint density at radius 2 is 1.95 bits per heavy atom. The Kier molecular flexibility index (Phi) is 3.48. The maximum atomic E-state index is 10.7. The van der Waals surface area contributed by atoms with Crippen molar-refractivity contribution in [3.63, 3.8) is 0 Å². The van der Waals surface area contributed by atoms with E-state index in [2.05, 4.69) is 0 Å². The van der Waals surface area contributed by atoms with Crippen molar-refractivity contribution in [1.82, 2.24) is 0 Å². The molecular formula is C16H17ClO2. The van der Waals surface area contributed by atoms with Crippen LogP contribution in [-0.2, 0) is 4.74 Å². The molecule has 1 N–H and O–H groups in total. The molecule has 0 aliphatic carbocycles. The third-order valence-corrected chi connectivity index (χ3v) is 4.39. The average molecular weight is 277 g/mol. The van der Waals surface area contributed by atoms with Gasteiger partial charge in [0.25, 0.3) is 0 Å². The summed E-state index contributed by atoms with van der Waals surface area (Å²) in [5, 5.41) is 13.4. The van der Waals surface area contributed by atoms with Gasteiger partial charge in [-0.05, 0) is 30.4 Å². The van der Waals surface area contributed by atoms with Crippen LogP contribution in [0.1, 0.15) is 25.0 Å². The average Bonchev–Trinajstić information content (AvgIpc) is 2.85. The lowest BCUT2D eigenvalue weighted by atomic mass is 9.88. The molecule has 0 radical (unpaired) electrons. The first-order valence-electron chi connectivity index (χ1n) is 6.65. The predicted molar refractivity (Wildman–Crippen MR) is 77.4 cm³/mol. The van der Waals surface area contributed by atoms with Crippen molar-refractivity contribution in [2.24, 2.45) is 5.92 Å². The Hall–Kier alpha value is -1.09. The minimum atomic E-state index is -0.500. The van der Waals surface area contributed by atoms with Gasteiger partial charge in [-0.15, -0.1) is 0 Å². The smallest absolute Gasteiger partial charge is 0.0849 e. The third-order valence-electron chi connectivity index (χ3n) is 4.06. The lowest BCUT2D eigenvalue weighted by molar-refractivity contribution is 0.0438. The zero-order valence-electron chi connectivity index (χ0n) is 10.8. The Bertz CT molecular complexity index is 596. The lowest BCUT2D eigenvalue weighted by Crippen LogP contribution is -2.20. The number of hydrogen-bond donors (Lipinski definition) is 1. The molecule has 0 spiro atoms. The van der Waals surface area contributed by atoms with Gasteiger partial charge >= 0.3 is 0 Å². The molecule has 1 aliphatic heterocycles. The summed E-state index contributed by atoms with van der Waals surface area (Å²) in [4.78, 5) is 0. The van der Waals surface area contributed by atoms with Crippen LogP contribution in [0.2, 0.25) is 5.02 Å². The third kappa shape index (κ3) is 2.25. The van der Waals surface area contributed by atoms with Crippen LogP contribution in [0.3, 0.4) is 0 Å². The SMILES string of the molecule is CC1OCCC1C(O)c1ccc(Cl)c2ccccc12. The molecule has 2 aromatic rings. The molecule has 3 unspecified atom stereocenters. The van der Waals surface area contributed by atoms with Gasteiger partial charge in [0.1, 0.15) is 0 Å². The molecule has 1 saturated heterocycles. The summed E-state index contributed by atoms with van der Waals surface area (Å²) in [5.74, 6) is 0.157. The fourth-order valence-corrected chi connectivity index (χ4v) is 3.16. The number of hydrogen-bond acceptors (Lipinski definition) is 2. The van der Waals surface area contributed by atoms with Crippen LogP contribution in [0.25, 0.3) is 10.8 Å². The van der Waals surface area contributed by atoms with E-state index in [4.69, 9.17) is 16.3 Å². The van der Waals surface area contributed by atoms with Gasteiger partial charge in [0.05, 0.1) is 12.2 Å². The van der Waals surface area contributed by atoms with E-state index < -0.39 is 6.10 Å². The maximum Gasteiger partial charge on any atom is 0.0849 e. The molecule has 3 rings (SSSR count). The molecule has 0 aromatic heterocycles. The molecule has 19 heavy (non-hydrogen) atoms. The maximum absolute atomic E-state index is 10.7. The molecule has 2 nitrogen and oxygen atoms in total. The number of benzene rings is 2. The Labute approximate surface area is 118 Å². The lowest BCUT2D eigenvalue weighted by Gasteiger charge is -2.22. The first-order valence-corrected chi connectivity index (χ1v) is 7.03. The molecule has 0 amide bonds. The largest absolute Gasteiger partial charge is 0.388 e. The van der Waals surface area contributed by atoms with Crippen LogP contribution in [0.15, 0.2) is 36.4 Å². The van der Waals surface area contributed by atoms with Crippen LogP contribution < -0.4 is 0 Å². The number of ether oxygens (including phenoxy) is 1. The van der Waals surface area contributed by atoms with Crippen molar-refractivity contribution in [1.29, 1.82) is 0 Å². The van der Waals surface area contributed by atoms with Crippen molar-refractivity contribution in [2.75, 3.05) is 6.61 Å². The van der Waals surface area contributed by atoms with E-state index in [-0.39, 0.29) is 12.0 Å². The van der Waals surface area contributed by atoms with Crippen LogP contribution in [0.5, 0.6) is 0 Å². The minimum Gasteiger partial charge on any atom is -0.388 e. The normalized spacial score (nSPS) is 24.8. The molecule has 2 aromatic carbocycles. The summed E-state index contributed by atoms with van der Waals surface area (Å²) >= 11 is 6.22. The predicted octanol–water partition coefficient (Wildman–Crippen LogP) is 3.95. The zero-order chi connectivity index (χ0) is 13.4. The molecular weight excluding hydrogens is 260 g/mol. The van der Waals surface area contributed by atoms with Crippen molar-refractivity contribution < 1.29 is 9.84 Å². The van der Waals surface area contributed by atoms with Gasteiger partial charge in [0, 0.05) is 22.9 Å². The van der Waals surface area contributed by atoms with Crippen LogP contribution >= 0.6 is 11.6 Å². The van der Waals surface area contributed by atoms with E-state index in [0.717, 1.165) is 34.4 Å². The van der Waals surface area contributed by atoms with Crippen LogP contribution in [0, 0.1) is 5.92 Å². The van der Waals surface area contributed by atoms with Gasteiger partial charge in [-0.2, -0.15) is 0 Å². The quantitative estimate of drug-likeness (QED) is 0.900.